The lowest BCUT2D eigenvalue weighted by Crippen LogP contribution is -1.92. The van der Waals surface area contributed by atoms with Crippen LogP contribution >= 0.6 is 46.0 Å². The molecule has 6 heteroatoms. The summed E-state index contributed by atoms with van der Waals surface area (Å²) >= 11 is 11.3. The molecule has 0 saturated heterocycles. The van der Waals surface area contributed by atoms with E-state index >= 15 is 0 Å². The van der Waals surface area contributed by atoms with E-state index in [0.717, 1.165) is 27.4 Å². The smallest absolute Gasteiger partial charge is 0.142 e. The molecule has 0 atom stereocenters. The Hall–Kier alpha value is -0.620. The van der Waals surface area contributed by atoms with E-state index in [9.17, 15) is 0 Å². The first-order valence-electron chi connectivity index (χ1n) is 5.26. The third-order valence-corrected chi connectivity index (χ3v) is 5.09. The Morgan fingerprint density at radius 1 is 1.33 bits per heavy atom. The maximum absolute atomic E-state index is 6.31. The Morgan fingerprint density at radius 3 is 2.94 bits per heavy atom. The third kappa shape index (κ3) is 2.16. The summed E-state index contributed by atoms with van der Waals surface area (Å²) < 4.78 is 0. The van der Waals surface area contributed by atoms with Crippen LogP contribution < -0.4 is 0 Å². The molecule has 3 aromatic heterocycles. The van der Waals surface area contributed by atoms with Crippen molar-refractivity contribution in [3.8, 4) is 10.4 Å². The van der Waals surface area contributed by atoms with Crippen LogP contribution in [-0.2, 0) is 5.75 Å². The second kappa shape index (κ2) is 5.17. The summed E-state index contributed by atoms with van der Waals surface area (Å²) in [6.07, 6.45) is 2.03. The molecular weight excluding hydrogens is 304 g/mol. The van der Waals surface area contributed by atoms with E-state index in [1.165, 1.54) is 4.88 Å². The van der Waals surface area contributed by atoms with E-state index < -0.39 is 0 Å². The second-order valence-electron chi connectivity index (χ2n) is 3.67. The number of halogens is 1. The summed E-state index contributed by atoms with van der Waals surface area (Å²) in [5.74, 6) is 1.60. The van der Waals surface area contributed by atoms with E-state index in [2.05, 4.69) is 26.8 Å². The molecule has 0 N–H and O–H groups in total. The van der Waals surface area contributed by atoms with Gasteiger partial charge in [0.2, 0.25) is 0 Å². The van der Waals surface area contributed by atoms with Crippen molar-refractivity contribution in [2.75, 3.05) is 6.26 Å². The van der Waals surface area contributed by atoms with Crippen LogP contribution in [0.3, 0.4) is 0 Å². The topological polar surface area (TPSA) is 25.8 Å². The number of fused-ring (bicyclic) bond motifs is 1. The Kier molecular flexibility index (Phi) is 3.56. The van der Waals surface area contributed by atoms with Gasteiger partial charge in [-0.3, -0.25) is 0 Å². The number of aromatic nitrogens is 2. The standard InChI is InChI=1S/C12H9ClN2S3/c1-16-6-9-14-11(13)10-7(5-18-12(10)15-9)8-3-2-4-17-8/h2-5H,6H2,1H3. The number of nitrogens with zero attached hydrogens (tertiary/aromatic N) is 2. The fourth-order valence-electron chi connectivity index (χ4n) is 1.75. The molecule has 92 valence electrons. The fraction of sp³-hybridized carbons (Fsp3) is 0.167. The third-order valence-electron chi connectivity index (χ3n) is 2.50. The average Bonchev–Trinajstić information content (AvgIpc) is 2.96. The molecule has 3 rings (SSSR count). The number of hydrogen-bond donors (Lipinski definition) is 0. The largest absolute Gasteiger partial charge is 0.221 e. The lowest BCUT2D eigenvalue weighted by atomic mass is 10.2. The van der Waals surface area contributed by atoms with E-state index in [1.54, 1.807) is 34.4 Å². The van der Waals surface area contributed by atoms with Crippen molar-refractivity contribution in [2.45, 2.75) is 5.75 Å². The maximum Gasteiger partial charge on any atom is 0.142 e. The Bertz CT molecular complexity index is 676. The minimum absolute atomic E-state index is 0.564. The highest BCUT2D eigenvalue weighted by molar-refractivity contribution is 7.97. The zero-order valence-electron chi connectivity index (χ0n) is 9.51. The summed E-state index contributed by atoms with van der Waals surface area (Å²) in [5.41, 5.74) is 1.14. The highest BCUT2D eigenvalue weighted by atomic mass is 35.5. The fourth-order valence-corrected chi connectivity index (χ4v) is 4.26. The normalized spacial score (nSPS) is 11.2. The molecule has 0 aliphatic carbocycles. The Labute approximate surface area is 122 Å². The monoisotopic (exact) mass is 312 g/mol. The van der Waals surface area contributed by atoms with Gasteiger partial charge in [-0.05, 0) is 17.7 Å². The zero-order chi connectivity index (χ0) is 12.5. The van der Waals surface area contributed by atoms with Gasteiger partial charge in [0.25, 0.3) is 0 Å². The average molecular weight is 313 g/mol. The predicted octanol–water partition coefficient (Wildman–Crippen LogP) is 4.94. The minimum atomic E-state index is 0.564. The Morgan fingerprint density at radius 2 is 2.22 bits per heavy atom. The SMILES string of the molecule is CSCc1nc(Cl)c2c(-c3cccs3)csc2n1. The quantitative estimate of drug-likeness (QED) is 0.641. The molecule has 0 radical (unpaired) electrons. The van der Waals surface area contributed by atoms with Gasteiger partial charge in [0.05, 0.1) is 11.1 Å². The highest BCUT2D eigenvalue weighted by Gasteiger charge is 2.14. The van der Waals surface area contributed by atoms with Crippen LogP contribution in [0.5, 0.6) is 0 Å². The van der Waals surface area contributed by atoms with Crippen molar-refractivity contribution in [3.05, 3.63) is 33.9 Å². The first kappa shape index (κ1) is 12.4. The van der Waals surface area contributed by atoms with Crippen molar-refractivity contribution in [2.24, 2.45) is 0 Å². The van der Waals surface area contributed by atoms with Gasteiger partial charge in [-0.1, -0.05) is 17.7 Å². The van der Waals surface area contributed by atoms with Gasteiger partial charge in [0.1, 0.15) is 15.8 Å². The summed E-state index contributed by atoms with van der Waals surface area (Å²) in [6, 6.07) is 4.14. The molecule has 0 amide bonds. The number of thioether (sulfide) groups is 1. The van der Waals surface area contributed by atoms with E-state index in [1.807, 2.05) is 12.3 Å². The highest BCUT2D eigenvalue weighted by Crippen LogP contribution is 2.38. The molecular formula is C12H9ClN2S3. The van der Waals surface area contributed by atoms with Crippen LogP contribution in [0.25, 0.3) is 20.7 Å². The predicted molar refractivity (Wildman–Crippen MR) is 83.0 cm³/mol. The summed E-state index contributed by atoms with van der Waals surface area (Å²) in [7, 11) is 0. The molecule has 3 aromatic rings. The number of thiophene rings is 2. The lowest BCUT2D eigenvalue weighted by Gasteiger charge is -2.01. The second-order valence-corrected chi connectivity index (χ2v) is 6.70. The van der Waals surface area contributed by atoms with Crippen LogP contribution in [0.2, 0.25) is 5.15 Å². The van der Waals surface area contributed by atoms with Crippen LogP contribution in [0, 0.1) is 0 Å². The van der Waals surface area contributed by atoms with Crippen LogP contribution in [0.15, 0.2) is 22.9 Å². The molecule has 0 spiro atoms. The Balaban J connectivity index is 2.20. The van der Waals surface area contributed by atoms with Crippen molar-refractivity contribution in [3.63, 3.8) is 0 Å². The van der Waals surface area contributed by atoms with Crippen molar-refractivity contribution >= 4 is 56.3 Å². The van der Waals surface area contributed by atoms with Gasteiger partial charge in [0, 0.05) is 15.8 Å². The molecule has 2 nitrogen and oxygen atoms in total. The number of hydrogen-bond acceptors (Lipinski definition) is 5. The molecule has 0 aliphatic heterocycles. The molecule has 0 unspecified atom stereocenters. The van der Waals surface area contributed by atoms with E-state index in [-0.39, 0.29) is 0 Å². The van der Waals surface area contributed by atoms with Crippen molar-refractivity contribution in [1.29, 1.82) is 0 Å². The van der Waals surface area contributed by atoms with Crippen molar-refractivity contribution < 1.29 is 0 Å². The van der Waals surface area contributed by atoms with Crippen LogP contribution in [0.1, 0.15) is 5.82 Å². The van der Waals surface area contributed by atoms with Gasteiger partial charge < -0.3 is 0 Å². The van der Waals surface area contributed by atoms with Crippen LogP contribution in [-0.4, -0.2) is 16.2 Å². The molecule has 0 fully saturated rings. The summed E-state index contributed by atoms with van der Waals surface area (Å²) in [4.78, 5) is 11.1. The van der Waals surface area contributed by atoms with E-state index in [0.29, 0.717) is 5.15 Å². The first-order chi connectivity index (χ1) is 8.79. The lowest BCUT2D eigenvalue weighted by molar-refractivity contribution is 1.08. The molecule has 0 bridgehead atoms. The van der Waals surface area contributed by atoms with E-state index in [4.69, 9.17) is 11.6 Å². The van der Waals surface area contributed by atoms with Gasteiger partial charge >= 0.3 is 0 Å². The van der Waals surface area contributed by atoms with Crippen molar-refractivity contribution in [1.82, 2.24) is 9.97 Å². The summed E-state index contributed by atoms with van der Waals surface area (Å²) in [5, 5.41) is 5.72. The minimum Gasteiger partial charge on any atom is -0.221 e. The maximum atomic E-state index is 6.31. The molecule has 0 saturated carbocycles. The van der Waals surface area contributed by atoms with Gasteiger partial charge in [-0.15, -0.1) is 22.7 Å². The van der Waals surface area contributed by atoms with Crippen LogP contribution in [0.4, 0.5) is 0 Å². The van der Waals surface area contributed by atoms with Gasteiger partial charge in [-0.25, -0.2) is 9.97 Å². The van der Waals surface area contributed by atoms with Gasteiger partial charge in [-0.2, -0.15) is 11.8 Å². The molecule has 0 aromatic carbocycles. The first-order valence-corrected chi connectivity index (χ1v) is 8.79. The molecule has 3 heterocycles. The molecule has 0 aliphatic rings. The van der Waals surface area contributed by atoms with Gasteiger partial charge in [0.15, 0.2) is 0 Å². The number of rotatable bonds is 3. The molecule has 18 heavy (non-hydrogen) atoms. The summed E-state index contributed by atoms with van der Waals surface area (Å²) in [6.45, 7) is 0. The zero-order valence-corrected chi connectivity index (χ0v) is 12.7.